The zero-order valence-corrected chi connectivity index (χ0v) is 14.4. The highest BCUT2D eigenvalue weighted by Gasteiger charge is 2.19. The van der Waals surface area contributed by atoms with Crippen LogP contribution in [0, 0.1) is 0 Å². The van der Waals surface area contributed by atoms with Crippen molar-refractivity contribution in [3.05, 3.63) is 71.8 Å². The Morgan fingerprint density at radius 1 is 0.654 bits per heavy atom. The zero-order chi connectivity index (χ0) is 19.4. The molecule has 2 aromatic carbocycles. The molecule has 0 saturated heterocycles. The van der Waals surface area contributed by atoms with Crippen molar-refractivity contribution in [3.63, 3.8) is 0 Å². The molecule has 0 aromatic heterocycles. The van der Waals surface area contributed by atoms with Crippen LogP contribution in [-0.2, 0) is 0 Å². The molecule has 140 valence electrons. The van der Waals surface area contributed by atoms with Gasteiger partial charge in [0.25, 0.3) is 0 Å². The summed E-state index contributed by atoms with van der Waals surface area (Å²) in [5.74, 6) is -1.76. The number of aliphatic hydroxyl groups is 2. The van der Waals surface area contributed by atoms with Crippen LogP contribution in [0.5, 0.6) is 0 Å². The predicted molar refractivity (Wildman–Crippen MR) is 97.3 cm³/mol. The normalized spacial score (nSPS) is 18.4. The number of hydrogen-bond donors (Lipinski definition) is 4. The minimum absolute atomic E-state index is 0.331. The van der Waals surface area contributed by atoms with Crippen LogP contribution in [0.3, 0.4) is 0 Å². The predicted octanol–water partition coefficient (Wildman–Crippen LogP) is 3.05. The fraction of sp³-hybridized carbons (Fsp3) is 0.300. The number of aromatic carboxylic acids is 2. The maximum atomic E-state index is 10.2. The van der Waals surface area contributed by atoms with Crippen LogP contribution in [-0.4, -0.2) is 44.6 Å². The Labute approximate surface area is 152 Å². The lowest BCUT2D eigenvalue weighted by Gasteiger charge is -2.22. The first-order valence-electron chi connectivity index (χ1n) is 8.34. The van der Waals surface area contributed by atoms with Crippen LogP contribution in [0.1, 0.15) is 46.4 Å². The molecule has 0 radical (unpaired) electrons. The maximum Gasteiger partial charge on any atom is 0.335 e. The number of carbonyl (C=O) groups is 2. The van der Waals surface area contributed by atoms with Gasteiger partial charge in [0.2, 0.25) is 0 Å². The summed E-state index contributed by atoms with van der Waals surface area (Å²) in [6.45, 7) is 0. The Bertz CT molecular complexity index is 597. The second-order valence-corrected chi connectivity index (χ2v) is 5.76. The molecule has 6 heteroatoms. The van der Waals surface area contributed by atoms with Crippen molar-refractivity contribution in [3.8, 4) is 0 Å². The van der Waals surface area contributed by atoms with Gasteiger partial charge in [-0.05, 0) is 37.1 Å². The molecule has 4 N–H and O–H groups in total. The van der Waals surface area contributed by atoms with E-state index >= 15 is 0 Å². The number of hydrogen-bond acceptors (Lipinski definition) is 4. The van der Waals surface area contributed by atoms with E-state index in [9.17, 15) is 9.59 Å². The van der Waals surface area contributed by atoms with Gasteiger partial charge < -0.3 is 20.4 Å². The van der Waals surface area contributed by atoms with Gasteiger partial charge in [-0.1, -0.05) is 49.2 Å². The van der Waals surface area contributed by atoms with E-state index in [1.54, 1.807) is 60.7 Å². The number of aliphatic hydroxyl groups excluding tert-OH is 2. The van der Waals surface area contributed by atoms with E-state index in [-0.39, 0.29) is 0 Å². The van der Waals surface area contributed by atoms with Crippen molar-refractivity contribution in [2.75, 3.05) is 0 Å². The van der Waals surface area contributed by atoms with E-state index < -0.39 is 24.1 Å². The molecule has 0 aliphatic heterocycles. The highest BCUT2D eigenvalue weighted by molar-refractivity contribution is 5.87. The number of benzene rings is 2. The molecule has 0 amide bonds. The van der Waals surface area contributed by atoms with Crippen LogP contribution >= 0.6 is 0 Å². The lowest BCUT2D eigenvalue weighted by molar-refractivity contribution is -0.00865. The van der Waals surface area contributed by atoms with Gasteiger partial charge >= 0.3 is 11.9 Å². The summed E-state index contributed by atoms with van der Waals surface area (Å²) < 4.78 is 0. The van der Waals surface area contributed by atoms with Crippen LogP contribution < -0.4 is 0 Å². The molecule has 0 unspecified atom stereocenters. The van der Waals surface area contributed by atoms with Gasteiger partial charge in [-0.25, -0.2) is 9.59 Å². The van der Waals surface area contributed by atoms with Gasteiger partial charge in [-0.3, -0.25) is 0 Å². The van der Waals surface area contributed by atoms with E-state index in [1.807, 2.05) is 0 Å². The molecule has 1 saturated carbocycles. The third-order valence-corrected chi connectivity index (χ3v) is 3.74. The van der Waals surface area contributed by atoms with Crippen molar-refractivity contribution in [1.29, 1.82) is 0 Å². The minimum atomic E-state index is -0.879. The van der Waals surface area contributed by atoms with Gasteiger partial charge in [-0.15, -0.1) is 0 Å². The first-order valence-corrected chi connectivity index (χ1v) is 8.34. The van der Waals surface area contributed by atoms with Crippen LogP contribution in [0.25, 0.3) is 0 Å². The third kappa shape index (κ3) is 8.41. The molecule has 26 heavy (non-hydrogen) atoms. The van der Waals surface area contributed by atoms with E-state index in [0.29, 0.717) is 11.1 Å². The molecular formula is C20H24O6. The maximum absolute atomic E-state index is 10.2. The topological polar surface area (TPSA) is 115 Å². The second-order valence-electron chi connectivity index (χ2n) is 5.76. The van der Waals surface area contributed by atoms with E-state index in [1.165, 1.54) is 0 Å². The first-order chi connectivity index (χ1) is 12.4. The lowest BCUT2D eigenvalue weighted by Crippen LogP contribution is -2.28. The summed E-state index contributed by atoms with van der Waals surface area (Å²) in [7, 11) is 0. The smallest absolute Gasteiger partial charge is 0.335 e. The van der Waals surface area contributed by atoms with Crippen LogP contribution in [0.4, 0.5) is 0 Å². The van der Waals surface area contributed by atoms with Gasteiger partial charge in [0.1, 0.15) is 0 Å². The van der Waals surface area contributed by atoms with Gasteiger partial charge in [0, 0.05) is 0 Å². The molecule has 1 aliphatic carbocycles. The average Bonchev–Trinajstić information content (AvgIpc) is 2.66. The molecule has 0 bridgehead atoms. The van der Waals surface area contributed by atoms with E-state index in [0.717, 1.165) is 25.7 Å². The lowest BCUT2D eigenvalue weighted by atomic mass is 9.95. The summed E-state index contributed by atoms with van der Waals surface area (Å²) >= 11 is 0. The summed E-state index contributed by atoms with van der Waals surface area (Å²) in [5, 5.41) is 34.6. The quantitative estimate of drug-likeness (QED) is 0.654. The average molecular weight is 360 g/mol. The van der Waals surface area contributed by atoms with E-state index in [4.69, 9.17) is 20.4 Å². The Balaban J connectivity index is 0.000000195. The summed E-state index contributed by atoms with van der Waals surface area (Å²) in [6.07, 6.45) is 2.81. The molecule has 2 aromatic rings. The molecule has 3 rings (SSSR count). The molecule has 1 aliphatic rings. The molecule has 0 heterocycles. The van der Waals surface area contributed by atoms with Gasteiger partial charge in [0.05, 0.1) is 23.3 Å². The number of carboxylic acids is 2. The monoisotopic (exact) mass is 360 g/mol. The van der Waals surface area contributed by atoms with Gasteiger partial charge in [-0.2, -0.15) is 0 Å². The SMILES string of the molecule is O=C(O)c1ccccc1.O=C(O)c1ccccc1.O[C@@H]1CCCC[C@H]1O. The van der Waals surface area contributed by atoms with Crippen LogP contribution in [0.2, 0.25) is 0 Å². The summed E-state index contributed by atoms with van der Waals surface area (Å²) in [5.41, 5.74) is 0.662. The van der Waals surface area contributed by atoms with E-state index in [2.05, 4.69) is 0 Å². The fourth-order valence-electron chi connectivity index (χ4n) is 2.25. The first kappa shape index (κ1) is 21.3. The number of carboxylic acid groups (broad SMARTS) is 2. The highest BCUT2D eigenvalue weighted by Crippen LogP contribution is 2.17. The van der Waals surface area contributed by atoms with Crippen molar-refractivity contribution >= 4 is 11.9 Å². The molecular weight excluding hydrogens is 336 g/mol. The highest BCUT2D eigenvalue weighted by atomic mass is 16.4. The fourth-order valence-corrected chi connectivity index (χ4v) is 2.25. The third-order valence-electron chi connectivity index (χ3n) is 3.74. The largest absolute Gasteiger partial charge is 0.478 e. The van der Waals surface area contributed by atoms with Crippen molar-refractivity contribution < 1.29 is 30.0 Å². The van der Waals surface area contributed by atoms with Crippen molar-refractivity contribution in [1.82, 2.24) is 0 Å². The molecule has 6 nitrogen and oxygen atoms in total. The Hall–Kier alpha value is -2.70. The van der Waals surface area contributed by atoms with Crippen LogP contribution in [0.15, 0.2) is 60.7 Å². The summed E-state index contributed by atoms with van der Waals surface area (Å²) in [4.78, 5) is 20.4. The van der Waals surface area contributed by atoms with Crippen molar-refractivity contribution in [2.45, 2.75) is 37.9 Å². The second kappa shape index (κ2) is 11.8. The Kier molecular flexibility index (Phi) is 9.67. The van der Waals surface area contributed by atoms with Gasteiger partial charge in [0.15, 0.2) is 0 Å². The Morgan fingerprint density at radius 3 is 1.15 bits per heavy atom. The standard InChI is InChI=1S/2C7H6O2.C6H12O2/c2*8-7(9)6-4-2-1-3-5-6;7-5-3-1-2-4-6(5)8/h2*1-5H,(H,8,9);5-8H,1-4H2/t;;5-,6-/m..1/s1. The minimum Gasteiger partial charge on any atom is -0.478 e. The van der Waals surface area contributed by atoms with Crippen molar-refractivity contribution in [2.24, 2.45) is 0 Å². The zero-order valence-electron chi connectivity index (χ0n) is 14.4. The molecule has 1 fully saturated rings. The molecule has 0 spiro atoms. The Morgan fingerprint density at radius 2 is 0.962 bits per heavy atom. The molecule has 2 atom stereocenters. The number of rotatable bonds is 2. The summed E-state index contributed by atoms with van der Waals surface area (Å²) in [6, 6.07) is 16.6.